The summed E-state index contributed by atoms with van der Waals surface area (Å²) in [4.78, 5) is 51.1. The second-order valence-electron chi connectivity index (χ2n) is 12.2. The van der Waals surface area contributed by atoms with Crippen LogP contribution in [0, 0.1) is 29.4 Å². The van der Waals surface area contributed by atoms with Crippen molar-refractivity contribution >= 4 is 29.6 Å². The van der Waals surface area contributed by atoms with Crippen LogP contribution in [-0.4, -0.2) is 55.4 Å². The Morgan fingerprint density at radius 2 is 1.58 bits per heavy atom. The van der Waals surface area contributed by atoms with Crippen molar-refractivity contribution in [3.63, 3.8) is 0 Å². The lowest BCUT2D eigenvalue weighted by Crippen LogP contribution is -2.48. The van der Waals surface area contributed by atoms with Crippen LogP contribution >= 0.6 is 0 Å². The Hall–Kier alpha value is -5.68. The zero-order valence-corrected chi connectivity index (χ0v) is 27.5. The van der Waals surface area contributed by atoms with E-state index in [2.05, 4.69) is 16.0 Å². The van der Waals surface area contributed by atoms with Gasteiger partial charge < -0.3 is 30.5 Å². The predicted molar refractivity (Wildman–Crippen MR) is 169 cm³/mol. The Balaban J connectivity index is 1.50. The number of allylic oxidation sites excluding steroid dienone is 1. The first-order valence-electron chi connectivity index (χ1n) is 15.7. The maximum absolute atomic E-state index is 15.2. The normalized spacial score (nSPS) is 20.8. The van der Waals surface area contributed by atoms with Crippen molar-refractivity contribution in [1.82, 2.24) is 10.6 Å². The summed E-state index contributed by atoms with van der Waals surface area (Å²) in [5, 5.41) is 16.5. The number of carbonyl (C=O) groups excluding carboxylic acids is 3. The van der Waals surface area contributed by atoms with Gasteiger partial charge in [-0.15, -0.1) is 0 Å². The monoisotopic (exact) mass is 755 g/mol. The number of hydrogen-bond donors (Lipinski definition) is 4. The molecule has 0 saturated heterocycles. The van der Waals surface area contributed by atoms with Gasteiger partial charge in [0.15, 0.2) is 0 Å². The number of benzene rings is 3. The summed E-state index contributed by atoms with van der Waals surface area (Å²) >= 11 is 0. The molecule has 3 unspecified atom stereocenters. The number of carboxylic acid groups (broad SMARTS) is 1. The molecule has 2 saturated carbocycles. The quantitative estimate of drug-likeness (QED) is 0.136. The van der Waals surface area contributed by atoms with E-state index in [1.165, 1.54) is 26.3 Å². The Morgan fingerprint density at radius 3 is 2.21 bits per heavy atom. The molecule has 2 aliphatic rings. The van der Waals surface area contributed by atoms with Crippen LogP contribution in [0.4, 0.5) is 45.6 Å². The van der Waals surface area contributed by atoms with Gasteiger partial charge in [-0.1, -0.05) is 17.7 Å². The molecule has 2 bridgehead atoms. The number of anilines is 1. The molecule has 5 rings (SSSR count). The van der Waals surface area contributed by atoms with Gasteiger partial charge in [0.05, 0.1) is 24.2 Å². The maximum atomic E-state index is 15.2. The third kappa shape index (κ3) is 8.20. The molecule has 53 heavy (non-hydrogen) atoms. The lowest BCUT2D eigenvalue weighted by atomic mass is 9.83. The van der Waals surface area contributed by atoms with Gasteiger partial charge in [-0.05, 0) is 66.8 Å². The van der Waals surface area contributed by atoms with E-state index in [0.717, 1.165) is 30.3 Å². The molecule has 3 aromatic carbocycles. The van der Waals surface area contributed by atoms with E-state index in [1.54, 1.807) is 0 Å². The van der Waals surface area contributed by atoms with Gasteiger partial charge in [0, 0.05) is 41.9 Å². The summed E-state index contributed by atoms with van der Waals surface area (Å²) in [5.74, 6) is -9.66. The summed E-state index contributed by atoms with van der Waals surface area (Å²) in [7, 11) is 2.38. The van der Waals surface area contributed by atoms with Crippen molar-refractivity contribution in [2.45, 2.75) is 37.3 Å². The topological polar surface area (TPSA) is 143 Å². The first-order chi connectivity index (χ1) is 24.8. The largest absolute Gasteiger partial charge is 0.496 e. The Bertz CT molecular complexity index is 1980. The first kappa shape index (κ1) is 38.5. The Kier molecular flexibility index (Phi) is 10.7. The molecule has 0 spiro atoms. The summed E-state index contributed by atoms with van der Waals surface area (Å²) in [5.41, 5.74) is -3.03. The number of aliphatic carboxylic acids is 1. The number of nitrogens with one attached hydrogen (secondary N) is 3. The minimum atomic E-state index is -5.12. The molecule has 4 N–H and O–H groups in total. The fraction of sp³-hybridized carbons (Fsp3) is 0.314. The van der Waals surface area contributed by atoms with Gasteiger partial charge in [0.1, 0.15) is 17.4 Å². The molecule has 0 aliphatic heterocycles. The number of halogens is 8. The minimum Gasteiger partial charge on any atom is -0.496 e. The second-order valence-corrected chi connectivity index (χ2v) is 12.2. The average molecular weight is 756 g/mol. The molecular weight excluding hydrogens is 726 g/mol. The van der Waals surface area contributed by atoms with Crippen molar-refractivity contribution in [1.29, 1.82) is 0 Å². The Morgan fingerprint density at radius 1 is 0.906 bits per heavy atom. The SMILES string of the molecule is CNC(=O)OC(C(=O)O)c1ccc(F)c(-c2ccc(OC)c(C(=O)N[C@@H]3C4CCC(/C4=C/C(F)(F)F)[C@@H]3C(=O)Nc3ccc(F)c(C(F)(F)F)c3)c2)c1. The standard InChI is InChI=1S/C35H29F8N3O7/c1-44-33(51)53-29(32(49)50)16-3-8-24(36)20(12-16)15-4-10-26(52-2)21(11-15)30(47)46-28-19-7-6-18(22(19)14-34(38,39)40)27(28)31(48)45-17-5-9-25(37)23(13-17)35(41,42)43/h3-5,8-14,18-19,27-29H,6-7H2,1-2H3,(H,44,51)(H,45,48)(H,46,47)(H,49,50)/b22-14-/t18?,19?,27-,28+,29?/m0/s1. The second kappa shape index (κ2) is 14.7. The zero-order valence-electron chi connectivity index (χ0n) is 27.5. The van der Waals surface area contributed by atoms with Crippen LogP contribution in [0.15, 0.2) is 66.2 Å². The van der Waals surface area contributed by atoms with Crippen molar-refractivity contribution in [3.05, 3.63) is 94.6 Å². The molecule has 0 heterocycles. The number of amides is 3. The number of ether oxygens (including phenoxy) is 2. The molecule has 2 aliphatic carbocycles. The van der Waals surface area contributed by atoms with Crippen molar-refractivity contribution in [2.75, 3.05) is 19.5 Å². The lowest BCUT2D eigenvalue weighted by molar-refractivity contribution is -0.147. The minimum absolute atomic E-state index is 0.00366. The number of alkyl halides is 6. The van der Waals surface area contributed by atoms with Crippen molar-refractivity contribution in [2.24, 2.45) is 17.8 Å². The van der Waals surface area contributed by atoms with Crippen LogP contribution in [-0.2, 0) is 20.5 Å². The molecule has 10 nitrogen and oxygen atoms in total. The van der Waals surface area contributed by atoms with E-state index in [0.29, 0.717) is 12.1 Å². The number of fused-ring (bicyclic) bond motifs is 2. The first-order valence-corrected chi connectivity index (χ1v) is 15.7. The van der Waals surface area contributed by atoms with E-state index in [9.17, 15) is 55.0 Å². The van der Waals surface area contributed by atoms with Crippen LogP contribution in [0.3, 0.4) is 0 Å². The summed E-state index contributed by atoms with van der Waals surface area (Å²) in [6, 6.07) is 7.14. The number of carbonyl (C=O) groups is 4. The van der Waals surface area contributed by atoms with Gasteiger partial charge in [-0.25, -0.2) is 18.4 Å². The highest BCUT2D eigenvalue weighted by molar-refractivity contribution is 6.00. The fourth-order valence-electron chi connectivity index (χ4n) is 6.86. The maximum Gasteiger partial charge on any atom is 0.419 e. The molecule has 5 atom stereocenters. The van der Waals surface area contributed by atoms with Gasteiger partial charge in [-0.3, -0.25) is 9.59 Å². The smallest absolute Gasteiger partial charge is 0.419 e. The lowest BCUT2D eigenvalue weighted by Gasteiger charge is -2.30. The Labute approximate surface area is 295 Å². The molecule has 18 heteroatoms. The number of rotatable bonds is 9. The van der Waals surface area contributed by atoms with Gasteiger partial charge in [-0.2, -0.15) is 26.3 Å². The third-order valence-corrected chi connectivity index (χ3v) is 9.07. The number of hydrogen-bond acceptors (Lipinski definition) is 6. The fourth-order valence-corrected chi connectivity index (χ4v) is 6.86. The predicted octanol–water partition coefficient (Wildman–Crippen LogP) is 7.02. The van der Waals surface area contributed by atoms with E-state index in [-0.39, 0.29) is 52.5 Å². The molecule has 0 aromatic heterocycles. The van der Waals surface area contributed by atoms with Crippen LogP contribution < -0.4 is 20.7 Å². The molecule has 3 aromatic rings. The van der Waals surface area contributed by atoms with Crippen LogP contribution in [0.25, 0.3) is 11.1 Å². The van der Waals surface area contributed by atoms with E-state index in [1.807, 2.05) is 0 Å². The number of methoxy groups -OCH3 is 1. The van der Waals surface area contributed by atoms with Crippen LogP contribution in [0.1, 0.15) is 40.4 Å². The van der Waals surface area contributed by atoms with Crippen LogP contribution in [0.2, 0.25) is 0 Å². The molecule has 3 amide bonds. The average Bonchev–Trinajstić information content (AvgIpc) is 3.59. The van der Waals surface area contributed by atoms with E-state index >= 15 is 4.39 Å². The molecule has 282 valence electrons. The van der Waals surface area contributed by atoms with E-state index < -0.39 is 89.0 Å². The van der Waals surface area contributed by atoms with Crippen molar-refractivity contribution in [3.8, 4) is 16.9 Å². The summed E-state index contributed by atoms with van der Waals surface area (Å²) in [6.45, 7) is 0. The highest BCUT2D eigenvalue weighted by atomic mass is 19.4. The zero-order chi connectivity index (χ0) is 39.0. The number of alkyl carbamates (subject to hydrolysis) is 1. The third-order valence-electron chi connectivity index (χ3n) is 9.07. The summed E-state index contributed by atoms with van der Waals surface area (Å²) < 4.78 is 120. The van der Waals surface area contributed by atoms with Gasteiger partial charge >= 0.3 is 24.4 Å². The molecule has 2 fully saturated rings. The summed E-state index contributed by atoms with van der Waals surface area (Å²) in [6.07, 6.45) is -12.6. The molecule has 0 radical (unpaired) electrons. The number of carboxylic acids is 1. The van der Waals surface area contributed by atoms with Gasteiger partial charge in [0.25, 0.3) is 5.91 Å². The van der Waals surface area contributed by atoms with Crippen LogP contribution in [0.5, 0.6) is 5.75 Å². The van der Waals surface area contributed by atoms with Crippen molar-refractivity contribution < 1.29 is 68.9 Å². The highest BCUT2D eigenvalue weighted by Crippen LogP contribution is 2.54. The highest BCUT2D eigenvalue weighted by Gasteiger charge is 2.56. The molecular formula is C35H29F8N3O7. The van der Waals surface area contributed by atoms with Gasteiger partial charge in [0.2, 0.25) is 12.0 Å². The van der Waals surface area contributed by atoms with E-state index in [4.69, 9.17) is 9.47 Å².